The molecule has 1 aromatic heterocycles. The second kappa shape index (κ2) is 3.88. The van der Waals surface area contributed by atoms with Crippen LogP contribution in [0.4, 0.5) is 5.69 Å². The molecule has 4 nitrogen and oxygen atoms in total. The van der Waals surface area contributed by atoms with Crippen molar-refractivity contribution < 1.29 is 0 Å². The molecule has 4 heteroatoms. The van der Waals surface area contributed by atoms with Crippen LogP contribution in [-0.2, 0) is 0 Å². The van der Waals surface area contributed by atoms with E-state index in [9.17, 15) is 0 Å². The first-order valence-corrected chi connectivity index (χ1v) is 5.22. The maximum Gasteiger partial charge on any atom is 0.141 e. The summed E-state index contributed by atoms with van der Waals surface area (Å²) in [5.74, 6) is 0.0267. The number of pyridine rings is 1. The highest BCUT2D eigenvalue weighted by Gasteiger charge is 2.22. The topological polar surface area (TPSA) is 66.0 Å². The molecule has 0 unspecified atom stereocenters. The predicted octanol–water partition coefficient (Wildman–Crippen LogP) is 1.35. The molecule has 0 amide bonds. The van der Waals surface area contributed by atoms with Gasteiger partial charge >= 0.3 is 0 Å². The van der Waals surface area contributed by atoms with Crippen molar-refractivity contribution in [1.29, 1.82) is 5.41 Å². The summed E-state index contributed by atoms with van der Waals surface area (Å²) in [6.07, 6.45) is 5.54. The van der Waals surface area contributed by atoms with Gasteiger partial charge in [0.15, 0.2) is 0 Å². The van der Waals surface area contributed by atoms with Crippen LogP contribution in [0.2, 0.25) is 0 Å². The van der Waals surface area contributed by atoms with Crippen molar-refractivity contribution in [2.24, 2.45) is 5.73 Å². The van der Waals surface area contributed by atoms with Crippen molar-refractivity contribution in [2.75, 3.05) is 11.9 Å². The third-order valence-corrected chi connectivity index (χ3v) is 3.05. The van der Waals surface area contributed by atoms with E-state index in [1.54, 1.807) is 6.20 Å². The van der Waals surface area contributed by atoms with Crippen molar-refractivity contribution in [3.63, 3.8) is 0 Å². The highest BCUT2D eigenvalue weighted by molar-refractivity contribution is 5.93. The van der Waals surface area contributed by atoms with E-state index in [2.05, 4.69) is 16.9 Å². The summed E-state index contributed by atoms with van der Waals surface area (Å²) < 4.78 is 0. The summed E-state index contributed by atoms with van der Waals surface area (Å²) in [5.41, 5.74) is 7.06. The number of anilines is 1. The number of hydrogen-bond acceptors (Lipinski definition) is 3. The molecular weight excluding hydrogens is 188 g/mol. The molecule has 2 rings (SSSR count). The molecule has 0 spiro atoms. The second-order valence-corrected chi connectivity index (χ2v) is 4.01. The van der Waals surface area contributed by atoms with E-state index in [1.165, 1.54) is 19.3 Å². The van der Waals surface area contributed by atoms with Crippen molar-refractivity contribution in [3.05, 3.63) is 24.0 Å². The third kappa shape index (κ3) is 1.93. The minimum atomic E-state index is 0.0267. The standard InChI is InChI=1S/C11H16N4/c1-15(8-3-2-4-8)9-5-6-14-10(7-9)11(12)13/h5-8H,2-4H2,1H3,(H3,12,13). The molecule has 0 atom stereocenters. The van der Waals surface area contributed by atoms with Crippen molar-refractivity contribution in [1.82, 2.24) is 4.98 Å². The van der Waals surface area contributed by atoms with Gasteiger partial charge in [0.25, 0.3) is 0 Å². The average Bonchev–Trinajstić information content (AvgIpc) is 2.15. The van der Waals surface area contributed by atoms with Crippen LogP contribution >= 0.6 is 0 Å². The Kier molecular flexibility index (Phi) is 2.58. The van der Waals surface area contributed by atoms with Gasteiger partial charge in [0.1, 0.15) is 11.5 Å². The van der Waals surface area contributed by atoms with Crippen LogP contribution in [0.1, 0.15) is 25.0 Å². The monoisotopic (exact) mass is 204 g/mol. The Morgan fingerprint density at radius 1 is 1.60 bits per heavy atom. The molecule has 1 saturated carbocycles. The van der Waals surface area contributed by atoms with E-state index in [4.69, 9.17) is 11.1 Å². The molecule has 1 aliphatic rings. The summed E-state index contributed by atoms with van der Waals surface area (Å²) in [7, 11) is 2.09. The van der Waals surface area contributed by atoms with Gasteiger partial charge in [-0.15, -0.1) is 0 Å². The molecule has 3 N–H and O–H groups in total. The second-order valence-electron chi connectivity index (χ2n) is 4.01. The van der Waals surface area contributed by atoms with E-state index in [1.807, 2.05) is 12.1 Å². The summed E-state index contributed by atoms with van der Waals surface area (Å²) in [6.45, 7) is 0. The lowest BCUT2D eigenvalue weighted by atomic mass is 9.91. The van der Waals surface area contributed by atoms with Crippen molar-refractivity contribution in [2.45, 2.75) is 25.3 Å². The molecule has 0 radical (unpaired) electrons. The molecule has 1 aliphatic carbocycles. The van der Waals surface area contributed by atoms with Gasteiger partial charge in [-0.05, 0) is 31.4 Å². The summed E-state index contributed by atoms with van der Waals surface area (Å²) in [4.78, 5) is 6.30. The number of nitrogens with one attached hydrogen (secondary N) is 1. The van der Waals surface area contributed by atoms with E-state index >= 15 is 0 Å². The molecule has 1 heterocycles. The van der Waals surface area contributed by atoms with Gasteiger partial charge in [-0.1, -0.05) is 0 Å². The van der Waals surface area contributed by atoms with E-state index in [0.717, 1.165) is 5.69 Å². The Morgan fingerprint density at radius 3 is 2.87 bits per heavy atom. The number of aromatic nitrogens is 1. The molecule has 0 saturated heterocycles. The van der Waals surface area contributed by atoms with Gasteiger partial charge in [0, 0.05) is 25.0 Å². The lowest BCUT2D eigenvalue weighted by molar-refractivity contribution is 0.401. The molecule has 15 heavy (non-hydrogen) atoms. The van der Waals surface area contributed by atoms with Crippen LogP contribution in [-0.4, -0.2) is 23.9 Å². The number of nitrogens with two attached hydrogens (primary N) is 1. The van der Waals surface area contributed by atoms with Crippen LogP contribution in [0.5, 0.6) is 0 Å². The van der Waals surface area contributed by atoms with Crippen LogP contribution in [0.25, 0.3) is 0 Å². The zero-order chi connectivity index (χ0) is 10.8. The largest absolute Gasteiger partial charge is 0.382 e. The zero-order valence-corrected chi connectivity index (χ0v) is 8.90. The maximum atomic E-state index is 7.34. The Morgan fingerprint density at radius 2 is 2.33 bits per heavy atom. The fourth-order valence-corrected chi connectivity index (χ4v) is 1.77. The number of nitrogens with zero attached hydrogens (tertiary/aromatic N) is 2. The first kappa shape index (κ1) is 9.96. The third-order valence-electron chi connectivity index (χ3n) is 3.05. The summed E-state index contributed by atoms with van der Waals surface area (Å²) >= 11 is 0. The van der Waals surface area contributed by atoms with Crippen LogP contribution < -0.4 is 10.6 Å². The average molecular weight is 204 g/mol. The lowest BCUT2D eigenvalue weighted by Crippen LogP contribution is -2.37. The molecule has 1 fully saturated rings. The minimum Gasteiger partial charge on any atom is -0.382 e. The number of hydrogen-bond donors (Lipinski definition) is 2. The quantitative estimate of drug-likeness (QED) is 0.577. The Bertz CT molecular complexity index is 371. The molecule has 0 aliphatic heterocycles. The van der Waals surface area contributed by atoms with Gasteiger partial charge in [-0.3, -0.25) is 10.4 Å². The van der Waals surface area contributed by atoms with Crippen LogP contribution in [0, 0.1) is 5.41 Å². The van der Waals surface area contributed by atoms with Crippen molar-refractivity contribution in [3.8, 4) is 0 Å². The first-order chi connectivity index (χ1) is 7.18. The summed E-state index contributed by atoms with van der Waals surface area (Å²) in [5, 5.41) is 7.34. The SMILES string of the molecule is CN(c1ccnc(C(=N)N)c1)C1CCC1. The fourth-order valence-electron chi connectivity index (χ4n) is 1.77. The smallest absolute Gasteiger partial charge is 0.141 e. The molecular formula is C11H16N4. The van der Waals surface area contributed by atoms with Crippen LogP contribution in [0.3, 0.4) is 0 Å². The Labute approximate surface area is 89.6 Å². The van der Waals surface area contributed by atoms with Crippen LogP contribution in [0.15, 0.2) is 18.3 Å². The van der Waals surface area contributed by atoms with E-state index in [-0.39, 0.29) is 5.84 Å². The van der Waals surface area contributed by atoms with Gasteiger partial charge < -0.3 is 10.6 Å². The molecule has 80 valence electrons. The Hall–Kier alpha value is -1.58. The molecule has 1 aromatic rings. The molecule has 0 aromatic carbocycles. The highest BCUT2D eigenvalue weighted by Crippen LogP contribution is 2.27. The van der Waals surface area contributed by atoms with Gasteiger partial charge in [-0.2, -0.15) is 0 Å². The summed E-state index contributed by atoms with van der Waals surface area (Å²) in [6, 6.07) is 4.48. The number of nitrogen functional groups attached to an aromatic ring is 1. The van der Waals surface area contributed by atoms with Gasteiger partial charge in [0.2, 0.25) is 0 Å². The minimum absolute atomic E-state index is 0.0267. The molecule has 0 bridgehead atoms. The number of amidine groups is 1. The Balaban J connectivity index is 2.19. The number of rotatable bonds is 3. The van der Waals surface area contributed by atoms with E-state index in [0.29, 0.717) is 11.7 Å². The fraction of sp³-hybridized carbons (Fsp3) is 0.455. The normalized spacial score (nSPS) is 15.8. The zero-order valence-electron chi connectivity index (χ0n) is 8.90. The first-order valence-electron chi connectivity index (χ1n) is 5.22. The highest BCUT2D eigenvalue weighted by atomic mass is 15.1. The maximum absolute atomic E-state index is 7.34. The van der Waals surface area contributed by atoms with Gasteiger partial charge in [0.05, 0.1) is 0 Å². The lowest BCUT2D eigenvalue weighted by Gasteiger charge is -2.36. The van der Waals surface area contributed by atoms with Gasteiger partial charge in [-0.25, -0.2) is 0 Å². The van der Waals surface area contributed by atoms with Crippen molar-refractivity contribution >= 4 is 11.5 Å². The van der Waals surface area contributed by atoms with E-state index < -0.39 is 0 Å². The predicted molar refractivity (Wildman–Crippen MR) is 61.3 cm³/mol.